The van der Waals surface area contributed by atoms with Gasteiger partial charge in [-0.3, -0.25) is 4.79 Å². The SMILES string of the molecule is CC=CC(=O)C(=CC)CCCC(C)=O. The van der Waals surface area contributed by atoms with Gasteiger partial charge in [0.2, 0.25) is 0 Å². The number of Topliss-reactive ketones (excluding diaryl/α,β-unsaturated/α-hetero) is 1. The van der Waals surface area contributed by atoms with Gasteiger partial charge in [0, 0.05) is 6.42 Å². The van der Waals surface area contributed by atoms with Crippen molar-refractivity contribution in [1.29, 1.82) is 0 Å². The van der Waals surface area contributed by atoms with E-state index in [0.29, 0.717) is 12.8 Å². The van der Waals surface area contributed by atoms with Crippen LogP contribution in [0, 0.1) is 0 Å². The van der Waals surface area contributed by atoms with Gasteiger partial charge in [0.25, 0.3) is 0 Å². The zero-order chi connectivity index (χ0) is 11.0. The third-order valence-electron chi connectivity index (χ3n) is 1.96. The molecule has 0 aliphatic rings. The van der Waals surface area contributed by atoms with E-state index in [1.807, 2.05) is 19.9 Å². The molecule has 0 fully saturated rings. The molecule has 0 amide bonds. The fourth-order valence-electron chi connectivity index (χ4n) is 1.20. The predicted molar refractivity (Wildman–Crippen MR) is 58.1 cm³/mol. The van der Waals surface area contributed by atoms with Crippen molar-refractivity contribution in [3.8, 4) is 0 Å². The maximum atomic E-state index is 11.4. The number of rotatable bonds is 6. The zero-order valence-corrected chi connectivity index (χ0v) is 9.17. The molecule has 0 aliphatic heterocycles. The summed E-state index contributed by atoms with van der Waals surface area (Å²) >= 11 is 0. The van der Waals surface area contributed by atoms with Crippen LogP contribution in [0.4, 0.5) is 0 Å². The van der Waals surface area contributed by atoms with E-state index >= 15 is 0 Å². The molecule has 0 aromatic rings. The Morgan fingerprint density at radius 2 is 1.79 bits per heavy atom. The van der Waals surface area contributed by atoms with Crippen LogP contribution in [0.2, 0.25) is 0 Å². The second-order valence-corrected chi connectivity index (χ2v) is 3.23. The van der Waals surface area contributed by atoms with Crippen LogP contribution in [-0.2, 0) is 9.59 Å². The number of carbonyl (C=O) groups excluding carboxylic acids is 2. The Bertz CT molecular complexity index is 259. The van der Waals surface area contributed by atoms with E-state index in [9.17, 15) is 9.59 Å². The molecule has 0 rings (SSSR count). The van der Waals surface area contributed by atoms with Crippen molar-refractivity contribution in [2.45, 2.75) is 40.0 Å². The Morgan fingerprint density at radius 1 is 1.14 bits per heavy atom. The predicted octanol–water partition coefficient (Wildman–Crippen LogP) is 2.84. The lowest BCUT2D eigenvalue weighted by molar-refractivity contribution is -0.117. The molecule has 0 N–H and O–H groups in total. The topological polar surface area (TPSA) is 34.1 Å². The Labute approximate surface area is 85.7 Å². The van der Waals surface area contributed by atoms with Gasteiger partial charge >= 0.3 is 0 Å². The number of carbonyl (C=O) groups is 2. The second kappa shape index (κ2) is 7.25. The minimum absolute atomic E-state index is 0.0542. The van der Waals surface area contributed by atoms with Crippen LogP contribution in [0.5, 0.6) is 0 Å². The first-order valence-corrected chi connectivity index (χ1v) is 4.93. The summed E-state index contributed by atoms with van der Waals surface area (Å²) in [5, 5.41) is 0. The summed E-state index contributed by atoms with van der Waals surface area (Å²) in [7, 11) is 0. The number of hydrogen-bond acceptors (Lipinski definition) is 2. The van der Waals surface area contributed by atoms with Crippen molar-refractivity contribution >= 4 is 11.6 Å². The fourth-order valence-corrected chi connectivity index (χ4v) is 1.20. The number of hydrogen-bond donors (Lipinski definition) is 0. The van der Waals surface area contributed by atoms with Crippen molar-refractivity contribution in [2.75, 3.05) is 0 Å². The van der Waals surface area contributed by atoms with Crippen molar-refractivity contribution in [1.82, 2.24) is 0 Å². The molecule has 14 heavy (non-hydrogen) atoms. The lowest BCUT2D eigenvalue weighted by atomic mass is 10.0. The maximum Gasteiger partial charge on any atom is 0.181 e. The molecule has 0 spiro atoms. The minimum atomic E-state index is 0.0542. The number of ketones is 2. The highest BCUT2D eigenvalue weighted by Crippen LogP contribution is 2.09. The van der Waals surface area contributed by atoms with Crippen LogP contribution in [0.1, 0.15) is 40.0 Å². The third-order valence-corrected chi connectivity index (χ3v) is 1.96. The molecule has 0 unspecified atom stereocenters. The van der Waals surface area contributed by atoms with Gasteiger partial charge < -0.3 is 4.79 Å². The van der Waals surface area contributed by atoms with Crippen LogP contribution < -0.4 is 0 Å². The van der Waals surface area contributed by atoms with Crippen LogP contribution in [0.3, 0.4) is 0 Å². The molecule has 0 saturated heterocycles. The molecule has 78 valence electrons. The summed E-state index contributed by atoms with van der Waals surface area (Å²) in [6.07, 6.45) is 7.13. The van der Waals surface area contributed by atoms with E-state index in [0.717, 1.165) is 12.0 Å². The van der Waals surface area contributed by atoms with Gasteiger partial charge in [-0.15, -0.1) is 0 Å². The molecule has 0 saturated carbocycles. The van der Waals surface area contributed by atoms with Crippen molar-refractivity contribution in [2.24, 2.45) is 0 Å². The zero-order valence-electron chi connectivity index (χ0n) is 9.17. The highest BCUT2D eigenvalue weighted by Gasteiger charge is 2.04. The summed E-state index contributed by atoms with van der Waals surface area (Å²) in [4.78, 5) is 22.1. The summed E-state index contributed by atoms with van der Waals surface area (Å²) in [5.41, 5.74) is 0.796. The standard InChI is InChI=1S/C12H18O2/c1-4-7-12(14)11(5-2)9-6-8-10(3)13/h4-5,7H,6,8-9H2,1-3H3. The van der Waals surface area contributed by atoms with Gasteiger partial charge in [0.1, 0.15) is 5.78 Å². The number of allylic oxidation sites excluding steroid dienone is 4. The Hall–Kier alpha value is -1.18. The van der Waals surface area contributed by atoms with E-state index in [2.05, 4.69) is 0 Å². The minimum Gasteiger partial charge on any atom is -0.300 e. The molecule has 0 radical (unpaired) electrons. The molecule has 2 heteroatoms. The average Bonchev–Trinajstić information content (AvgIpc) is 2.12. The van der Waals surface area contributed by atoms with E-state index in [-0.39, 0.29) is 11.6 Å². The molecule has 0 heterocycles. The lowest BCUT2D eigenvalue weighted by Gasteiger charge is -2.01. The Kier molecular flexibility index (Phi) is 6.63. The molecule has 0 aromatic carbocycles. The smallest absolute Gasteiger partial charge is 0.181 e. The first kappa shape index (κ1) is 12.8. The second-order valence-electron chi connectivity index (χ2n) is 3.23. The fraction of sp³-hybridized carbons (Fsp3) is 0.500. The van der Waals surface area contributed by atoms with Crippen LogP contribution in [0.15, 0.2) is 23.8 Å². The van der Waals surface area contributed by atoms with Crippen LogP contribution >= 0.6 is 0 Å². The maximum absolute atomic E-state index is 11.4. The highest BCUT2D eigenvalue weighted by atomic mass is 16.1. The van der Waals surface area contributed by atoms with Crippen LogP contribution in [0.25, 0.3) is 0 Å². The summed E-state index contributed by atoms with van der Waals surface area (Å²) < 4.78 is 0. The first-order chi connectivity index (χ1) is 6.61. The summed E-state index contributed by atoms with van der Waals surface area (Å²) in [6.45, 7) is 5.24. The van der Waals surface area contributed by atoms with Gasteiger partial charge in [-0.05, 0) is 45.3 Å². The molecule has 0 aliphatic carbocycles. The Morgan fingerprint density at radius 3 is 2.21 bits per heavy atom. The lowest BCUT2D eigenvalue weighted by Crippen LogP contribution is -1.99. The van der Waals surface area contributed by atoms with Crippen molar-refractivity contribution < 1.29 is 9.59 Å². The molecular weight excluding hydrogens is 176 g/mol. The van der Waals surface area contributed by atoms with Crippen LogP contribution in [-0.4, -0.2) is 11.6 Å². The van der Waals surface area contributed by atoms with Gasteiger partial charge in [-0.25, -0.2) is 0 Å². The molecule has 0 bridgehead atoms. The van der Waals surface area contributed by atoms with Gasteiger partial charge in [0.05, 0.1) is 0 Å². The molecule has 0 aromatic heterocycles. The van der Waals surface area contributed by atoms with Crippen molar-refractivity contribution in [3.05, 3.63) is 23.8 Å². The Balaban J connectivity index is 4.05. The molecule has 2 nitrogen and oxygen atoms in total. The monoisotopic (exact) mass is 194 g/mol. The largest absolute Gasteiger partial charge is 0.300 e. The van der Waals surface area contributed by atoms with Crippen molar-refractivity contribution in [3.63, 3.8) is 0 Å². The van der Waals surface area contributed by atoms with E-state index in [1.54, 1.807) is 19.1 Å². The molecular formula is C12H18O2. The summed E-state index contributed by atoms with van der Waals surface area (Å²) in [5.74, 6) is 0.234. The molecule has 0 atom stereocenters. The third kappa shape index (κ3) is 5.46. The quantitative estimate of drug-likeness (QED) is 0.609. The highest BCUT2D eigenvalue weighted by molar-refractivity contribution is 6.03. The van der Waals surface area contributed by atoms with E-state index < -0.39 is 0 Å². The van der Waals surface area contributed by atoms with Gasteiger partial charge in [0.15, 0.2) is 5.78 Å². The first-order valence-electron chi connectivity index (χ1n) is 4.93. The van der Waals surface area contributed by atoms with Gasteiger partial charge in [-0.1, -0.05) is 12.2 Å². The van der Waals surface area contributed by atoms with E-state index in [4.69, 9.17) is 0 Å². The average molecular weight is 194 g/mol. The normalized spacial score (nSPS) is 12.1. The summed E-state index contributed by atoms with van der Waals surface area (Å²) in [6, 6.07) is 0. The van der Waals surface area contributed by atoms with Gasteiger partial charge in [-0.2, -0.15) is 0 Å². The van der Waals surface area contributed by atoms with E-state index in [1.165, 1.54) is 0 Å².